The van der Waals surface area contributed by atoms with Gasteiger partial charge in [-0.25, -0.2) is 4.39 Å². The number of likely N-dealkylation sites (N-methyl/N-ethyl adjacent to an activating group) is 1. The van der Waals surface area contributed by atoms with E-state index < -0.39 is 0 Å². The monoisotopic (exact) mass is 224 g/mol. The van der Waals surface area contributed by atoms with Gasteiger partial charge < -0.3 is 10.6 Å². The third-order valence-corrected chi connectivity index (χ3v) is 2.83. The highest BCUT2D eigenvalue weighted by Gasteiger charge is 2.21. The third-order valence-electron chi connectivity index (χ3n) is 2.83. The molecule has 16 heavy (non-hydrogen) atoms. The molecule has 1 unspecified atom stereocenters. The van der Waals surface area contributed by atoms with Crippen LogP contribution in [0.1, 0.15) is 20.8 Å². The van der Waals surface area contributed by atoms with Gasteiger partial charge in [-0.1, -0.05) is 26.8 Å². The molecule has 0 aromatic heterocycles. The molecule has 1 aromatic rings. The summed E-state index contributed by atoms with van der Waals surface area (Å²) in [6, 6.07) is 6.62. The normalized spacial score (nSPS) is 13.6. The summed E-state index contributed by atoms with van der Waals surface area (Å²) in [5.41, 5.74) is 7.01. The van der Waals surface area contributed by atoms with Gasteiger partial charge in [0.1, 0.15) is 5.82 Å². The van der Waals surface area contributed by atoms with Crippen LogP contribution in [-0.2, 0) is 0 Å². The fourth-order valence-electron chi connectivity index (χ4n) is 1.39. The van der Waals surface area contributed by atoms with Crippen LogP contribution in [0.2, 0.25) is 0 Å². The summed E-state index contributed by atoms with van der Waals surface area (Å²) in [6.07, 6.45) is 0. The lowest BCUT2D eigenvalue weighted by molar-refractivity contribution is 0.323. The predicted octanol–water partition coefficient (Wildman–Crippen LogP) is 2.64. The maximum atomic E-state index is 13.0. The minimum atomic E-state index is -0.214. The summed E-state index contributed by atoms with van der Waals surface area (Å²) in [5.74, 6) is -0.214. The van der Waals surface area contributed by atoms with Crippen molar-refractivity contribution in [3.8, 4) is 0 Å². The van der Waals surface area contributed by atoms with Gasteiger partial charge in [0.05, 0.1) is 0 Å². The lowest BCUT2D eigenvalue weighted by Gasteiger charge is -2.32. The quantitative estimate of drug-likeness (QED) is 0.855. The average molecular weight is 224 g/mol. The first kappa shape index (κ1) is 13.0. The average Bonchev–Trinajstić information content (AvgIpc) is 2.16. The van der Waals surface area contributed by atoms with Crippen molar-refractivity contribution in [2.24, 2.45) is 11.1 Å². The number of halogens is 1. The molecule has 2 nitrogen and oxygen atoms in total. The number of nitrogens with two attached hydrogens (primary N) is 1. The van der Waals surface area contributed by atoms with Crippen molar-refractivity contribution in [1.29, 1.82) is 0 Å². The van der Waals surface area contributed by atoms with Crippen molar-refractivity contribution < 1.29 is 4.39 Å². The minimum Gasteiger partial charge on any atom is -0.373 e. The molecule has 0 aliphatic carbocycles. The topological polar surface area (TPSA) is 29.3 Å². The Morgan fingerprint density at radius 2 is 2.00 bits per heavy atom. The van der Waals surface area contributed by atoms with Gasteiger partial charge in [0.15, 0.2) is 0 Å². The third kappa shape index (κ3) is 3.49. The van der Waals surface area contributed by atoms with Crippen LogP contribution in [0.4, 0.5) is 10.1 Å². The highest BCUT2D eigenvalue weighted by Crippen LogP contribution is 2.20. The molecule has 0 radical (unpaired) electrons. The highest BCUT2D eigenvalue weighted by atomic mass is 19.1. The molecule has 0 saturated carbocycles. The van der Waals surface area contributed by atoms with Gasteiger partial charge in [-0.3, -0.25) is 0 Å². The summed E-state index contributed by atoms with van der Waals surface area (Å²) < 4.78 is 13.0. The summed E-state index contributed by atoms with van der Waals surface area (Å²) >= 11 is 0. The first-order chi connectivity index (χ1) is 7.30. The van der Waals surface area contributed by atoms with E-state index in [0.29, 0.717) is 6.54 Å². The summed E-state index contributed by atoms with van der Waals surface area (Å²) in [6.45, 7) is 7.04. The maximum absolute atomic E-state index is 13.0. The fourth-order valence-corrected chi connectivity index (χ4v) is 1.39. The second kappa shape index (κ2) is 4.83. The van der Waals surface area contributed by atoms with Crippen LogP contribution in [0.15, 0.2) is 24.3 Å². The standard InChI is InChI=1S/C13H21FN2/c1-13(2,3)12(15)9-16(4)11-7-5-6-10(14)8-11/h5-8,12H,9,15H2,1-4H3. The second-order valence-electron chi connectivity index (χ2n) is 5.33. The molecule has 0 fully saturated rings. The van der Waals surface area contributed by atoms with E-state index in [2.05, 4.69) is 20.8 Å². The molecule has 2 N–H and O–H groups in total. The number of nitrogens with zero attached hydrogens (tertiary/aromatic N) is 1. The van der Waals surface area contributed by atoms with E-state index in [1.165, 1.54) is 12.1 Å². The number of hydrogen-bond donors (Lipinski definition) is 1. The summed E-state index contributed by atoms with van der Waals surface area (Å²) in [4.78, 5) is 1.99. The van der Waals surface area contributed by atoms with E-state index >= 15 is 0 Å². The van der Waals surface area contributed by atoms with Crippen molar-refractivity contribution in [1.82, 2.24) is 0 Å². The molecule has 1 atom stereocenters. The molecule has 0 aliphatic heterocycles. The smallest absolute Gasteiger partial charge is 0.125 e. The van der Waals surface area contributed by atoms with Crippen LogP contribution < -0.4 is 10.6 Å². The van der Waals surface area contributed by atoms with Crippen LogP contribution in [0, 0.1) is 11.2 Å². The van der Waals surface area contributed by atoms with Crippen molar-refractivity contribution in [3.05, 3.63) is 30.1 Å². The summed E-state index contributed by atoms with van der Waals surface area (Å²) in [7, 11) is 1.93. The van der Waals surface area contributed by atoms with Crippen molar-refractivity contribution in [2.75, 3.05) is 18.5 Å². The van der Waals surface area contributed by atoms with E-state index in [-0.39, 0.29) is 17.3 Å². The Labute approximate surface area is 97.3 Å². The Bertz CT molecular complexity index is 344. The molecule has 3 heteroatoms. The van der Waals surface area contributed by atoms with Gasteiger partial charge in [-0.05, 0) is 23.6 Å². The van der Waals surface area contributed by atoms with Crippen LogP contribution in [0.3, 0.4) is 0 Å². The molecular weight excluding hydrogens is 203 g/mol. The van der Waals surface area contributed by atoms with E-state index in [1.54, 1.807) is 6.07 Å². The number of benzene rings is 1. The molecule has 0 saturated heterocycles. The first-order valence-corrected chi connectivity index (χ1v) is 5.53. The van der Waals surface area contributed by atoms with E-state index in [0.717, 1.165) is 5.69 Å². The Morgan fingerprint density at radius 1 is 1.38 bits per heavy atom. The van der Waals surface area contributed by atoms with Crippen molar-refractivity contribution in [2.45, 2.75) is 26.8 Å². The van der Waals surface area contributed by atoms with Crippen LogP contribution in [0.25, 0.3) is 0 Å². The van der Waals surface area contributed by atoms with Gasteiger partial charge in [-0.15, -0.1) is 0 Å². The molecule has 0 heterocycles. The maximum Gasteiger partial charge on any atom is 0.125 e. The summed E-state index contributed by atoms with van der Waals surface area (Å²) in [5, 5.41) is 0. The van der Waals surface area contributed by atoms with Gasteiger partial charge in [0.25, 0.3) is 0 Å². The van der Waals surface area contributed by atoms with Gasteiger partial charge in [0, 0.05) is 25.3 Å². The molecule has 1 aromatic carbocycles. The first-order valence-electron chi connectivity index (χ1n) is 5.53. The zero-order chi connectivity index (χ0) is 12.3. The van der Waals surface area contributed by atoms with Crippen LogP contribution >= 0.6 is 0 Å². The van der Waals surface area contributed by atoms with Crippen LogP contribution in [0.5, 0.6) is 0 Å². The largest absolute Gasteiger partial charge is 0.373 e. The Kier molecular flexibility index (Phi) is 3.92. The van der Waals surface area contributed by atoms with Crippen molar-refractivity contribution in [3.63, 3.8) is 0 Å². The molecule has 0 aliphatic rings. The Balaban J connectivity index is 2.69. The minimum absolute atomic E-state index is 0.0563. The Hall–Kier alpha value is -1.09. The van der Waals surface area contributed by atoms with Crippen LogP contribution in [-0.4, -0.2) is 19.6 Å². The SMILES string of the molecule is CN(CC(N)C(C)(C)C)c1cccc(F)c1. The lowest BCUT2D eigenvalue weighted by atomic mass is 9.87. The molecule has 1 rings (SSSR count). The van der Waals surface area contributed by atoms with Gasteiger partial charge >= 0.3 is 0 Å². The fraction of sp³-hybridized carbons (Fsp3) is 0.538. The molecule has 0 amide bonds. The molecular formula is C13H21FN2. The zero-order valence-electron chi connectivity index (χ0n) is 10.5. The molecule has 0 bridgehead atoms. The van der Waals surface area contributed by atoms with E-state index in [9.17, 15) is 4.39 Å². The van der Waals surface area contributed by atoms with E-state index in [1.807, 2.05) is 18.0 Å². The van der Waals surface area contributed by atoms with Gasteiger partial charge in [0.2, 0.25) is 0 Å². The van der Waals surface area contributed by atoms with Gasteiger partial charge in [-0.2, -0.15) is 0 Å². The van der Waals surface area contributed by atoms with Crippen molar-refractivity contribution >= 4 is 5.69 Å². The molecule has 0 spiro atoms. The Morgan fingerprint density at radius 3 is 2.50 bits per heavy atom. The lowest BCUT2D eigenvalue weighted by Crippen LogP contribution is -2.44. The highest BCUT2D eigenvalue weighted by molar-refractivity contribution is 5.45. The zero-order valence-corrected chi connectivity index (χ0v) is 10.5. The number of rotatable bonds is 3. The molecule has 90 valence electrons. The predicted molar refractivity (Wildman–Crippen MR) is 67.1 cm³/mol. The number of hydrogen-bond acceptors (Lipinski definition) is 2. The van der Waals surface area contributed by atoms with E-state index in [4.69, 9.17) is 5.73 Å². The number of anilines is 1. The second-order valence-corrected chi connectivity index (χ2v) is 5.33.